The molecule has 38 heavy (non-hydrogen) atoms. The number of piperazine rings is 1. The Labute approximate surface area is 227 Å². The molecule has 198 valence electrons. The molecule has 0 atom stereocenters. The molecule has 3 aromatic carbocycles. The van der Waals surface area contributed by atoms with Crippen LogP contribution in [0.5, 0.6) is 17.2 Å². The Balaban J connectivity index is 1.14. The number of phenols is 1. The molecule has 0 aliphatic carbocycles. The first-order valence-electron chi connectivity index (χ1n) is 12.7. The number of fused-ring (bicyclic) bond motifs is 1. The number of hydrogen-bond donors (Lipinski definition) is 2. The molecule has 0 aromatic heterocycles. The summed E-state index contributed by atoms with van der Waals surface area (Å²) in [6.45, 7) is 3.27. The zero-order valence-corrected chi connectivity index (χ0v) is 22.5. The Morgan fingerprint density at radius 3 is 2.55 bits per heavy atom. The van der Waals surface area contributed by atoms with Crippen LogP contribution < -0.4 is 14.2 Å². The number of benzene rings is 3. The Kier molecular flexibility index (Phi) is 8.05. The predicted octanol–water partition coefficient (Wildman–Crippen LogP) is 5.14. The fourth-order valence-corrected chi connectivity index (χ4v) is 5.57. The van der Waals surface area contributed by atoms with Crippen LogP contribution in [0.3, 0.4) is 0 Å². The summed E-state index contributed by atoms with van der Waals surface area (Å²) in [7, 11) is 3.06. The van der Waals surface area contributed by atoms with Gasteiger partial charge in [-0.05, 0) is 66.8 Å². The van der Waals surface area contributed by atoms with Gasteiger partial charge in [-0.2, -0.15) is 0 Å². The van der Waals surface area contributed by atoms with Crippen molar-refractivity contribution in [3.8, 4) is 17.2 Å². The topological polar surface area (TPSA) is 86.6 Å². The molecule has 8 nitrogen and oxygen atoms in total. The van der Waals surface area contributed by atoms with Gasteiger partial charge < -0.3 is 24.2 Å². The lowest BCUT2D eigenvalue weighted by atomic mass is 10.1. The second kappa shape index (κ2) is 11.8. The second-order valence-corrected chi connectivity index (χ2v) is 10.1. The highest BCUT2D eigenvalue weighted by Crippen LogP contribution is 2.39. The summed E-state index contributed by atoms with van der Waals surface area (Å²) in [6, 6.07) is 17.6. The number of nitrogens with one attached hydrogen (secondary N) is 1. The number of anilines is 1. The molecular formula is C29H32N4O4S. The standard InChI is InChI=1S/C29H32N4O4S/c1-36-24-13-10-22(27(34)28(24)37-2)19-32-15-17-33(18-16-32)29(35)21-8-11-23(12-9-21)31-38-25-7-3-5-20-6-4-14-30-26(20)25/h3,5,7-14,31,34H,4,6,15-19H2,1-2H3. The number of aliphatic imine (C=N–C) groups is 1. The maximum Gasteiger partial charge on any atom is 0.253 e. The summed E-state index contributed by atoms with van der Waals surface area (Å²) in [5.74, 6) is 0.963. The van der Waals surface area contributed by atoms with E-state index in [0.29, 0.717) is 36.7 Å². The van der Waals surface area contributed by atoms with Crippen molar-refractivity contribution >= 4 is 35.4 Å². The summed E-state index contributed by atoms with van der Waals surface area (Å²) in [4.78, 5) is 22.9. The second-order valence-electron chi connectivity index (χ2n) is 9.27. The lowest BCUT2D eigenvalue weighted by Gasteiger charge is -2.35. The quantitative estimate of drug-likeness (QED) is 0.389. The van der Waals surface area contributed by atoms with Crippen LogP contribution in [0.1, 0.15) is 27.9 Å². The zero-order chi connectivity index (χ0) is 26.5. The van der Waals surface area contributed by atoms with E-state index in [1.165, 1.54) is 24.6 Å². The number of carbonyl (C=O) groups excluding carboxylic acids is 1. The number of phenolic OH excluding ortho intramolecular Hbond substituents is 1. The average molecular weight is 533 g/mol. The molecule has 5 rings (SSSR count). The Bertz CT molecular complexity index is 1320. The van der Waals surface area contributed by atoms with Crippen molar-refractivity contribution in [2.75, 3.05) is 45.1 Å². The van der Waals surface area contributed by atoms with E-state index in [2.05, 4.69) is 32.8 Å². The van der Waals surface area contributed by atoms with E-state index in [0.717, 1.165) is 47.8 Å². The van der Waals surface area contributed by atoms with E-state index >= 15 is 0 Å². The van der Waals surface area contributed by atoms with Crippen LogP contribution in [0.25, 0.3) is 0 Å². The van der Waals surface area contributed by atoms with E-state index in [1.807, 2.05) is 41.4 Å². The number of ether oxygens (including phenoxy) is 2. The molecule has 3 aromatic rings. The fourth-order valence-electron chi connectivity index (χ4n) is 4.78. The van der Waals surface area contributed by atoms with Crippen molar-refractivity contribution in [2.24, 2.45) is 4.99 Å². The molecule has 2 N–H and O–H groups in total. The SMILES string of the molecule is COc1ccc(CN2CCN(C(=O)c3ccc(NSc4cccc5c4N=CCC5)cc3)CC2)c(O)c1OC. The third-order valence-corrected chi connectivity index (χ3v) is 7.80. The highest BCUT2D eigenvalue weighted by atomic mass is 32.2. The highest BCUT2D eigenvalue weighted by Gasteiger charge is 2.24. The molecule has 2 aliphatic heterocycles. The van der Waals surface area contributed by atoms with Gasteiger partial charge in [-0.1, -0.05) is 18.2 Å². The molecule has 2 heterocycles. The molecule has 1 fully saturated rings. The Morgan fingerprint density at radius 2 is 1.82 bits per heavy atom. The number of para-hydroxylation sites is 1. The maximum absolute atomic E-state index is 13.1. The number of aromatic hydroxyl groups is 1. The Hall–Kier alpha value is -3.69. The highest BCUT2D eigenvalue weighted by molar-refractivity contribution is 8.00. The number of carbonyl (C=O) groups is 1. The van der Waals surface area contributed by atoms with Crippen LogP contribution in [-0.2, 0) is 13.0 Å². The largest absolute Gasteiger partial charge is 0.504 e. The van der Waals surface area contributed by atoms with Crippen molar-refractivity contribution in [2.45, 2.75) is 24.3 Å². The number of rotatable bonds is 8. The first kappa shape index (κ1) is 25.9. The van der Waals surface area contributed by atoms with E-state index in [-0.39, 0.29) is 11.7 Å². The number of methoxy groups -OCH3 is 2. The molecule has 0 saturated carbocycles. The van der Waals surface area contributed by atoms with E-state index in [1.54, 1.807) is 13.2 Å². The molecule has 2 aliphatic rings. The van der Waals surface area contributed by atoms with Crippen molar-refractivity contribution in [3.63, 3.8) is 0 Å². The van der Waals surface area contributed by atoms with Crippen LogP contribution in [0.4, 0.5) is 11.4 Å². The van der Waals surface area contributed by atoms with Crippen molar-refractivity contribution in [3.05, 3.63) is 71.3 Å². The van der Waals surface area contributed by atoms with E-state index in [4.69, 9.17) is 9.47 Å². The van der Waals surface area contributed by atoms with Crippen molar-refractivity contribution in [1.29, 1.82) is 0 Å². The molecule has 0 spiro atoms. The van der Waals surface area contributed by atoms with Gasteiger partial charge >= 0.3 is 0 Å². The van der Waals surface area contributed by atoms with Gasteiger partial charge in [0.05, 0.1) is 24.8 Å². The average Bonchev–Trinajstić information content (AvgIpc) is 2.97. The first-order valence-corrected chi connectivity index (χ1v) is 13.5. The van der Waals surface area contributed by atoms with Gasteiger partial charge in [0.25, 0.3) is 5.91 Å². The smallest absolute Gasteiger partial charge is 0.253 e. The van der Waals surface area contributed by atoms with Gasteiger partial charge in [0, 0.05) is 55.8 Å². The number of amides is 1. The maximum atomic E-state index is 13.1. The van der Waals surface area contributed by atoms with E-state index in [9.17, 15) is 9.90 Å². The van der Waals surface area contributed by atoms with Crippen LogP contribution in [0, 0.1) is 0 Å². The predicted molar refractivity (Wildman–Crippen MR) is 151 cm³/mol. The van der Waals surface area contributed by atoms with Gasteiger partial charge in [0.15, 0.2) is 11.5 Å². The van der Waals surface area contributed by atoms with Crippen LogP contribution in [0.15, 0.2) is 64.5 Å². The minimum absolute atomic E-state index is 0.0317. The number of nitrogens with zero attached hydrogens (tertiary/aromatic N) is 3. The van der Waals surface area contributed by atoms with Crippen LogP contribution in [-0.4, -0.2) is 67.4 Å². The minimum atomic E-state index is 0.0317. The molecular weight excluding hydrogens is 500 g/mol. The first-order chi connectivity index (χ1) is 18.6. The zero-order valence-electron chi connectivity index (χ0n) is 21.6. The number of hydrogen-bond acceptors (Lipinski definition) is 8. The normalized spacial score (nSPS) is 15.2. The number of aryl methyl sites for hydroxylation is 1. The third kappa shape index (κ3) is 5.58. The summed E-state index contributed by atoms with van der Waals surface area (Å²) >= 11 is 1.54. The molecule has 1 saturated heterocycles. The third-order valence-electron chi connectivity index (χ3n) is 6.91. The van der Waals surface area contributed by atoms with Gasteiger partial charge in [-0.3, -0.25) is 14.7 Å². The molecule has 0 radical (unpaired) electrons. The molecule has 9 heteroatoms. The lowest BCUT2D eigenvalue weighted by Crippen LogP contribution is -2.48. The van der Waals surface area contributed by atoms with Gasteiger partial charge in [-0.25, -0.2) is 0 Å². The van der Waals surface area contributed by atoms with Gasteiger partial charge in [0.1, 0.15) is 0 Å². The summed E-state index contributed by atoms with van der Waals surface area (Å²) < 4.78 is 13.9. The Morgan fingerprint density at radius 1 is 1.03 bits per heavy atom. The van der Waals surface area contributed by atoms with Crippen LogP contribution in [0.2, 0.25) is 0 Å². The van der Waals surface area contributed by atoms with Gasteiger partial charge in [-0.15, -0.1) is 0 Å². The summed E-state index contributed by atoms with van der Waals surface area (Å²) in [5.41, 5.74) is 4.70. The van der Waals surface area contributed by atoms with Crippen LogP contribution >= 0.6 is 11.9 Å². The van der Waals surface area contributed by atoms with Crippen molar-refractivity contribution < 1.29 is 19.4 Å². The summed E-state index contributed by atoms with van der Waals surface area (Å²) in [5, 5.41) is 10.6. The monoisotopic (exact) mass is 532 g/mol. The lowest BCUT2D eigenvalue weighted by molar-refractivity contribution is 0.0627. The van der Waals surface area contributed by atoms with E-state index < -0.39 is 0 Å². The molecule has 0 unspecified atom stereocenters. The molecule has 1 amide bonds. The minimum Gasteiger partial charge on any atom is -0.504 e. The van der Waals surface area contributed by atoms with Gasteiger partial charge in [0.2, 0.25) is 5.75 Å². The fraction of sp³-hybridized carbons (Fsp3) is 0.310. The van der Waals surface area contributed by atoms with Crippen molar-refractivity contribution in [1.82, 2.24) is 9.80 Å². The summed E-state index contributed by atoms with van der Waals surface area (Å²) in [6.07, 6.45) is 3.99. The molecule has 0 bridgehead atoms.